The van der Waals surface area contributed by atoms with Gasteiger partial charge in [-0.2, -0.15) is 0 Å². The van der Waals surface area contributed by atoms with E-state index < -0.39 is 0 Å². The van der Waals surface area contributed by atoms with Crippen molar-refractivity contribution in [2.45, 2.75) is 13.0 Å². The molecule has 0 aliphatic heterocycles. The Balaban J connectivity index is 1.68. The second kappa shape index (κ2) is 8.68. The number of amides is 2. The molecule has 2 rings (SSSR count). The number of hydrogen-bond acceptors (Lipinski definition) is 3. The van der Waals surface area contributed by atoms with E-state index in [9.17, 15) is 4.79 Å². The molecule has 0 saturated carbocycles. The molecule has 0 aliphatic carbocycles. The van der Waals surface area contributed by atoms with Crippen LogP contribution in [0.1, 0.15) is 18.5 Å². The summed E-state index contributed by atoms with van der Waals surface area (Å²) in [6.45, 7) is 2.76. The van der Waals surface area contributed by atoms with Crippen LogP contribution in [0.2, 0.25) is 0 Å². The Morgan fingerprint density at radius 2 is 1.83 bits per heavy atom. The highest BCUT2D eigenvalue weighted by Gasteiger charge is 2.08. The van der Waals surface area contributed by atoms with Crippen LogP contribution in [0, 0.1) is 0 Å². The standard InChI is InChI=1S/C18H22N2O3/c1-14(15-7-4-3-5-8-15)20-18(21)19-11-12-23-17-10-6-9-16(13-17)22-2/h3-10,13-14H,11-12H2,1-2H3,(H2,19,20,21). The number of benzene rings is 2. The quantitative estimate of drug-likeness (QED) is 0.772. The monoisotopic (exact) mass is 314 g/mol. The Morgan fingerprint density at radius 1 is 1.09 bits per heavy atom. The highest BCUT2D eigenvalue weighted by Crippen LogP contribution is 2.18. The fraction of sp³-hybridized carbons (Fsp3) is 0.278. The summed E-state index contributed by atoms with van der Waals surface area (Å²) in [6, 6.07) is 16.9. The second-order valence-corrected chi connectivity index (χ2v) is 5.06. The molecule has 0 aliphatic rings. The average Bonchev–Trinajstić information content (AvgIpc) is 2.59. The SMILES string of the molecule is COc1cccc(OCCNC(=O)NC(C)c2ccccc2)c1. The van der Waals surface area contributed by atoms with Crippen LogP contribution in [0.5, 0.6) is 11.5 Å². The van der Waals surface area contributed by atoms with E-state index in [0.29, 0.717) is 18.9 Å². The van der Waals surface area contributed by atoms with Crippen molar-refractivity contribution in [1.82, 2.24) is 10.6 Å². The molecule has 2 aromatic carbocycles. The molecule has 0 bridgehead atoms. The Hall–Kier alpha value is -2.69. The first-order chi connectivity index (χ1) is 11.2. The van der Waals surface area contributed by atoms with Crippen molar-refractivity contribution in [2.24, 2.45) is 0 Å². The zero-order valence-electron chi connectivity index (χ0n) is 13.4. The van der Waals surface area contributed by atoms with Crippen molar-refractivity contribution < 1.29 is 14.3 Å². The van der Waals surface area contributed by atoms with E-state index in [1.165, 1.54) is 0 Å². The molecule has 0 radical (unpaired) electrons. The van der Waals surface area contributed by atoms with Gasteiger partial charge in [0.2, 0.25) is 0 Å². The van der Waals surface area contributed by atoms with Gasteiger partial charge in [-0.1, -0.05) is 36.4 Å². The van der Waals surface area contributed by atoms with Gasteiger partial charge >= 0.3 is 6.03 Å². The number of hydrogen-bond donors (Lipinski definition) is 2. The summed E-state index contributed by atoms with van der Waals surface area (Å²) in [6.07, 6.45) is 0. The van der Waals surface area contributed by atoms with Crippen LogP contribution in [-0.4, -0.2) is 26.3 Å². The third kappa shape index (κ3) is 5.54. The molecule has 5 heteroatoms. The highest BCUT2D eigenvalue weighted by atomic mass is 16.5. The van der Waals surface area contributed by atoms with Crippen LogP contribution in [0.15, 0.2) is 54.6 Å². The third-order valence-corrected chi connectivity index (χ3v) is 3.34. The van der Waals surface area contributed by atoms with Crippen molar-refractivity contribution in [2.75, 3.05) is 20.3 Å². The molecule has 0 spiro atoms. The lowest BCUT2D eigenvalue weighted by molar-refractivity contribution is 0.233. The normalized spacial score (nSPS) is 11.4. The van der Waals surface area contributed by atoms with Gasteiger partial charge in [0.25, 0.3) is 0 Å². The van der Waals surface area contributed by atoms with Crippen LogP contribution in [-0.2, 0) is 0 Å². The maximum Gasteiger partial charge on any atom is 0.315 e. The average molecular weight is 314 g/mol. The minimum atomic E-state index is -0.212. The minimum absolute atomic E-state index is 0.0458. The summed E-state index contributed by atoms with van der Waals surface area (Å²) in [5.41, 5.74) is 1.07. The van der Waals surface area contributed by atoms with Gasteiger partial charge in [0, 0.05) is 6.07 Å². The van der Waals surface area contributed by atoms with Crippen LogP contribution in [0.4, 0.5) is 4.79 Å². The minimum Gasteiger partial charge on any atom is -0.497 e. The first kappa shape index (κ1) is 16.7. The van der Waals surface area contributed by atoms with Crippen LogP contribution < -0.4 is 20.1 Å². The van der Waals surface area contributed by atoms with Crippen LogP contribution >= 0.6 is 0 Å². The zero-order valence-corrected chi connectivity index (χ0v) is 13.4. The van der Waals surface area contributed by atoms with Gasteiger partial charge in [0.15, 0.2) is 0 Å². The van der Waals surface area contributed by atoms with E-state index in [4.69, 9.17) is 9.47 Å². The molecule has 2 aromatic rings. The first-order valence-corrected chi connectivity index (χ1v) is 7.55. The maximum absolute atomic E-state index is 11.8. The Labute approximate surface area is 136 Å². The molecular formula is C18H22N2O3. The summed E-state index contributed by atoms with van der Waals surface area (Å²) in [5, 5.41) is 5.66. The van der Waals surface area contributed by atoms with Crippen molar-refractivity contribution in [1.29, 1.82) is 0 Å². The van der Waals surface area contributed by atoms with Gasteiger partial charge in [-0.15, -0.1) is 0 Å². The molecule has 0 heterocycles. The second-order valence-electron chi connectivity index (χ2n) is 5.06. The fourth-order valence-electron chi connectivity index (χ4n) is 2.10. The van der Waals surface area contributed by atoms with Gasteiger partial charge in [0.1, 0.15) is 18.1 Å². The molecule has 2 N–H and O–H groups in total. The Morgan fingerprint density at radius 3 is 2.57 bits per heavy atom. The predicted molar refractivity (Wildman–Crippen MR) is 89.9 cm³/mol. The molecule has 0 saturated heterocycles. The summed E-state index contributed by atoms with van der Waals surface area (Å²) in [5.74, 6) is 1.45. The number of methoxy groups -OCH3 is 1. The van der Waals surface area contributed by atoms with Gasteiger partial charge < -0.3 is 20.1 Å². The lowest BCUT2D eigenvalue weighted by Crippen LogP contribution is -2.38. The smallest absolute Gasteiger partial charge is 0.315 e. The van der Waals surface area contributed by atoms with Gasteiger partial charge in [0.05, 0.1) is 19.7 Å². The molecule has 0 fully saturated rings. The van der Waals surface area contributed by atoms with Gasteiger partial charge in [-0.25, -0.2) is 4.79 Å². The summed E-state index contributed by atoms with van der Waals surface area (Å²) >= 11 is 0. The van der Waals surface area contributed by atoms with Crippen molar-refractivity contribution >= 4 is 6.03 Å². The lowest BCUT2D eigenvalue weighted by atomic mass is 10.1. The largest absolute Gasteiger partial charge is 0.497 e. The first-order valence-electron chi connectivity index (χ1n) is 7.55. The summed E-state index contributed by atoms with van der Waals surface area (Å²) < 4.78 is 10.7. The van der Waals surface area contributed by atoms with Crippen molar-refractivity contribution in [3.05, 3.63) is 60.2 Å². The lowest BCUT2D eigenvalue weighted by Gasteiger charge is -2.15. The van der Waals surface area contributed by atoms with Crippen LogP contribution in [0.25, 0.3) is 0 Å². The van der Waals surface area contributed by atoms with E-state index in [1.54, 1.807) is 13.2 Å². The van der Waals surface area contributed by atoms with Crippen molar-refractivity contribution in [3.8, 4) is 11.5 Å². The number of urea groups is 1. The topological polar surface area (TPSA) is 59.6 Å². The number of rotatable bonds is 7. The molecule has 1 atom stereocenters. The Kier molecular flexibility index (Phi) is 6.29. The summed E-state index contributed by atoms with van der Waals surface area (Å²) in [7, 11) is 1.61. The number of carbonyl (C=O) groups is 1. The van der Waals surface area contributed by atoms with Crippen molar-refractivity contribution in [3.63, 3.8) is 0 Å². The number of nitrogens with one attached hydrogen (secondary N) is 2. The zero-order chi connectivity index (χ0) is 16.5. The van der Waals surface area contributed by atoms with E-state index >= 15 is 0 Å². The Bertz CT molecular complexity index is 617. The molecule has 23 heavy (non-hydrogen) atoms. The summed E-state index contributed by atoms with van der Waals surface area (Å²) in [4.78, 5) is 11.8. The number of ether oxygens (including phenoxy) is 2. The molecule has 1 unspecified atom stereocenters. The molecule has 2 amide bonds. The van der Waals surface area contributed by atoms with Gasteiger partial charge in [-0.3, -0.25) is 0 Å². The highest BCUT2D eigenvalue weighted by molar-refractivity contribution is 5.74. The molecule has 5 nitrogen and oxygen atoms in total. The van der Waals surface area contributed by atoms with E-state index in [2.05, 4.69) is 10.6 Å². The number of carbonyl (C=O) groups excluding carboxylic acids is 1. The van der Waals surface area contributed by atoms with E-state index in [1.807, 2.05) is 55.5 Å². The van der Waals surface area contributed by atoms with E-state index in [-0.39, 0.29) is 12.1 Å². The van der Waals surface area contributed by atoms with E-state index in [0.717, 1.165) is 11.3 Å². The fourth-order valence-corrected chi connectivity index (χ4v) is 2.10. The van der Waals surface area contributed by atoms with Crippen LogP contribution in [0.3, 0.4) is 0 Å². The van der Waals surface area contributed by atoms with Gasteiger partial charge in [-0.05, 0) is 24.6 Å². The molecule has 0 aromatic heterocycles. The maximum atomic E-state index is 11.8. The third-order valence-electron chi connectivity index (χ3n) is 3.34. The molecular weight excluding hydrogens is 292 g/mol. The molecule has 122 valence electrons. The predicted octanol–water partition coefficient (Wildman–Crippen LogP) is 3.13.